The monoisotopic (exact) mass is 302 g/mol. The Balaban J connectivity index is 1.94. The quantitative estimate of drug-likeness (QED) is 0.919. The lowest BCUT2D eigenvalue weighted by atomic mass is 10.1. The molecule has 1 aliphatic rings. The minimum atomic E-state index is 0.722. The molecule has 0 amide bonds. The van der Waals surface area contributed by atoms with Crippen LogP contribution in [0.4, 0.5) is 0 Å². The molecule has 1 aliphatic heterocycles. The fourth-order valence-electron chi connectivity index (χ4n) is 2.28. The number of hydrogen-bond acceptors (Lipinski definition) is 3. The Morgan fingerprint density at radius 3 is 3.00 bits per heavy atom. The van der Waals surface area contributed by atoms with Gasteiger partial charge in [0.05, 0.1) is 3.79 Å². The van der Waals surface area contributed by atoms with Crippen LogP contribution in [-0.4, -0.2) is 30.6 Å². The van der Waals surface area contributed by atoms with Crippen LogP contribution in [-0.2, 0) is 6.54 Å². The van der Waals surface area contributed by atoms with Crippen molar-refractivity contribution in [2.45, 2.75) is 32.4 Å². The van der Waals surface area contributed by atoms with Gasteiger partial charge in [-0.3, -0.25) is 4.90 Å². The van der Waals surface area contributed by atoms with Crippen molar-refractivity contribution < 1.29 is 0 Å². The van der Waals surface area contributed by atoms with Gasteiger partial charge in [0.15, 0.2) is 0 Å². The first-order valence-electron chi connectivity index (χ1n) is 5.98. The molecule has 16 heavy (non-hydrogen) atoms. The van der Waals surface area contributed by atoms with E-state index >= 15 is 0 Å². The summed E-state index contributed by atoms with van der Waals surface area (Å²) >= 11 is 5.38. The third kappa shape index (κ3) is 3.29. The standard InChI is InChI=1S/C12H19BrN2S/c1-2-15(10-4-3-7-14-8-10)9-11-5-6-12(13)16-11/h5-6,10,14H,2-4,7-9H2,1H3. The van der Waals surface area contributed by atoms with E-state index in [9.17, 15) is 0 Å². The minimum absolute atomic E-state index is 0.722. The number of piperidine rings is 1. The summed E-state index contributed by atoms with van der Waals surface area (Å²) in [5, 5.41) is 3.49. The molecule has 2 rings (SSSR count). The number of hydrogen-bond donors (Lipinski definition) is 1. The zero-order valence-electron chi connectivity index (χ0n) is 9.71. The molecule has 1 unspecified atom stereocenters. The molecule has 1 saturated heterocycles. The highest BCUT2D eigenvalue weighted by Crippen LogP contribution is 2.24. The summed E-state index contributed by atoms with van der Waals surface area (Å²) in [5.41, 5.74) is 0. The maximum Gasteiger partial charge on any atom is 0.0701 e. The van der Waals surface area contributed by atoms with Gasteiger partial charge in [0.2, 0.25) is 0 Å². The molecule has 90 valence electrons. The third-order valence-corrected chi connectivity index (χ3v) is 4.79. The van der Waals surface area contributed by atoms with Crippen molar-refractivity contribution in [3.05, 3.63) is 20.8 Å². The van der Waals surface area contributed by atoms with Gasteiger partial charge in [-0.25, -0.2) is 0 Å². The van der Waals surface area contributed by atoms with E-state index < -0.39 is 0 Å². The summed E-state index contributed by atoms with van der Waals surface area (Å²) in [6, 6.07) is 5.10. The molecule has 0 aliphatic carbocycles. The summed E-state index contributed by atoms with van der Waals surface area (Å²) in [6.07, 6.45) is 2.66. The van der Waals surface area contributed by atoms with Gasteiger partial charge < -0.3 is 5.32 Å². The fraction of sp³-hybridized carbons (Fsp3) is 0.667. The number of nitrogens with zero attached hydrogens (tertiary/aromatic N) is 1. The summed E-state index contributed by atoms with van der Waals surface area (Å²) in [5.74, 6) is 0. The van der Waals surface area contributed by atoms with Crippen LogP contribution in [0, 0.1) is 0 Å². The first-order chi connectivity index (χ1) is 7.79. The lowest BCUT2D eigenvalue weighted by Gasteiger charge is -2.33. The fourth-order valence-corrected chi connectivity index (χ4v) is 3.79. The van der Waals surface area contributed by atoms with Crippen LogP contribution in [0.15, 0.2) is 15.9 Å². The summed E-state index contributed by atoms with van der Waals surface area (Å²) in [7, 11) is 0. The number of nitrogens with one attached hydrogen (secondary N) is 1. The second-order valence-corrected chi connectivity index (χ2v) is 6.82. The molecule has 0 radical (unpaired) electrons. The molecule has 2 nitrogen and oxygen atoms in total. The van der Waals surface area contributed by atoms with Crippen LogP contribution in [0.2, 0.25) is 0 Å². The van der Waals surface area contributed by atoms with E-state index in [4.69, 9.17) is 0 Å². The van der Waals surface area contributed by atoms with Crippen LogP contribution in [0.5, 0.6) is 0 Å². The zero-order chi connectivity index (χ0) is 11.4. The van der Waals surface area contributed by atoms with Gasteiger partial charge in [0.25, 0.3) is 0 Å². The Labute approximate surface area is 110 Å². The van der Waals surface area contributed by atoms with Gasteiger partial charge in [0.1, 0.15) is 0 Å². The largest absolute Gasteiger partial charge is 0.315 e. The van der Waals surface area contributed by atoms with E-state index in [1.54, 1.807) is 0 Å². The van der Waals surface area contributed by atoms with Crippen LogP contribution < -0.4 is 5.32 Å². The van der Waals surface area contributed by atoms with Crippen molar-refractivity contribution in [2.75, 3.05) is 19.6 Å². The maximum atomic E-state index is 3.53. The second-order valence-electron chi connectivity index (χ2n) is 4.27. The first kappa shape index (κ1) is 12.6. The highest BCUT2D eigenvalue weighted by atomic mass is 79.9. The second kappa shape index (κ2) is 6.15. The van der Waals surface area contributed by atoms with Gasteiger partial charge in [0, 0.05) is 24.0 Å². The topological polar surface area (TPSA) is 15.3 Å². The summed E-state index contributed by atoms with van der Waals surface area (Å²) in [4.78, 5) is 4.05. The first-order valence-corrected chi connectivity index (χ1v) is 7.59. The van der Waals surface area contributed by atoms with E-state index in [0.717, 1.165) is 25.7 Å². The van der Waals surface area contributed by atoms with Crippen molar-refractivity contribution >= 4 is 27.3 Å². The average Bonchev–Trinajstić information content (AvgIpc) is 2.73. The third-order valence-electron chi connectivity index (χ3n) is 3.18. The molecule has 1 fully saturated rings. The van der Waals surface area contributed by atoms with Crippen LogP contribution >= 0.6 is 27.3 Å². The smallest absolute Gasteiger partial charge is 0.0701 e. The molecule has 2 heterocycles. The van der Waals surface area contributed by atoms with E-state index in [-0.39, 0.29) is 0 Å². The molecule has 1 atom stereocenters. The van der Waals surface area contributed by atoms with Gasteiger partial charge in [-0.1, -0.05) is 6.92 Å². The van der Waals surface area contributed by atoms with Crippen molar-refractivity contribution in [3.63, 3.8) is 0 Å². The molecule has 1 aromatic rings. The highest BCUT2D eigenvalue weighted by Gasteiger charge is 2.19. The Bertz CT molecular complexity index is 321. The summed E-state index contributed by atoms with van der Waals surface area (Å²) in [6.45, 7) is 6.84. The molecule has 0 saturated carbocycles. The Morgan fingerprint density at radius 2 is 2.44 bits per heavy atom. The van der Waals surface area contributed by atoms with Crippen molar-refractivity contribution in [2.24, 2.45) is 0 Å². The lowest BCUT2D eigenvalue weighted by molar-refractivity contribution is 0.167. The Morgan fingerprint density at radius 1 is 1.56 bits per heavy atom. The normalized spacial score (nSPS) is 21.6. The van der Waals surface area contributed by atoms with Gasteiger partial charge in [-0.2, -0.15) is 0 Å². The van der Waals surface area contributed by atoms with E-state index in [2.05, 4.69) is 45.2 Å². The van der Waals surface area contributed by atoms with E-state index in [1.807, 2.05) is 11.3 Å². The van der Waals surface area contributed by atoms with Crippen molar-refractivity contribution in [3.8, 4) is 0 Å². The van der Waals surface area contributed by atoms with Gasteiger partial charge in [-0.15, -0.1) is 11.3 Å². The molecule has 1 N–H and O–H groups in total. The number of halogens is 1. The summed E-state index contributed by atoms with van der Waals surface area (Å²) < 4.78 is 1.24. The average molecular weight is 303 g/mol. The van der Waals surface area contributed by atoms with Gasteiger partial charge in [-0.05, 0) is 54.0 Å². The highest BCUT2D eigenvalue weighted by molar-refractivity contribution is 9.11. The predicted octanol–water partition coefficient (Wildman–Crippen LogP) is 3.08. The molecule has 0 spiro atoms. The zero-order valence-corrected chi connectivity index (χ0v) is 12.1. The Kier molecular flexibility index (Phi) is 4.82. The lowest BCUT2D eigenvalue weighted by Crippen LogP contribution is -2.45. The Hall–Kier alpha value is 0.1000. The molecular formula is C12H19BrN2S. The number of likely N-dealkylation sites (N-methyl/N-ethyl adjacent to an activating group) is 1. The molecule has 4 heteroatoms. The van der Waals surface area contributed by atoms with E-state index in [1.165, 1.54) is 28.0 Å². The molecule has 0 aromatic carbocycles. The molecular weight excluding hydrogens is 284 g/mol. The van der Waals surface area contributed by atoms with Gasteiger partial charge >= 0.3 is 0 Å². The SMILES string of the molecule is CCN(Cc1ccc(Br)s1)C1CCCNC1. The molecule has 1 aromatic heterocycles. The minimum Gasteiger partial charge on any atom is -0.315 e. The maximum absolute atomic E-state index is 3.53. The van der Waals surface area contributed by atoms with Crippen LogP contribution in [0.1, 0.15) is 24.6 Å². The van der Waals surface area contributed by atoms with Crippen LogP contribution in [0.25, 0.3) is 0 Å². The van der Waals surface area contributed by atoms with Crippen LogP contribution in [0.3, 0.4) is 0 Å². The van der Waals surface area contributed by atoms with Crippen molar-refractivity contribution in [1.82, 2.24) is 10.2 Å². The van der Waals surface area contributed by atoms with Crippen molar-refractivity contribution in [1.29, 1.82) is 0 Å². The molecule has 0 bridgehead atoms. The number of thiophene rings is 1. The number of rotatable bonds is 4. The predicted molar refractivity (Wildman–Crippen MR) is 74.0 cm³/mol. The van der Waals surface area contributed by atoms with E-state index in [0.29, 0.717) is 0 Å².